The van der Waals surface area contributed by atoms with Gasteiger partial charge < -0.3 is 14.9 Å². The molecule has 0 aliphatic heterocycles. The summed E-state index contributed by atoms with van der Waals surface area (Å²) >= 11 is 0. The van der Waals surface area contributed by atoms with Crippen LogP contribution in [0.4, 0.5) is 0 Å². The van der Waals surface area contributed by atoms with Crippen LogP contribution in [0.1, 0.15) is 34.6 Å². The monoisotopic (exact) mass is 344 g/mol. The number of nitrogens with one attached hydrogen (secondary N) is 1. The number of carbonyl (C=O) groups is 2. The summed E-state index contributed by atoms with van der Waals surface area (Å²) in [6, 6.07) is 7.75. The van der Waals surface area contributed by atoms with Crippen molar-refractivity contribution in [2.75, 3.05) is 6.54 Å². The summed E-state index contributed by atoms with van der Waals surface area (Å²) in [6.07, 6.45) is 1.20. The minimum Gasteiger partial charge on any atom is -0.481 e. The lowest BCUT2D eigenvalue weighted by atomic mass is 9.98. The third-order valence-corrected chi connectivity index (χ3v) is 4.24. The maximum atomic E-state index is 12.0. The van der Waals surface area contributed by atoms with Crippen molar-refractivity contribution >= 4 is 11.9 Å². The molecule has 0 aliphatic carbocycles. The molecule has 2 aromatic rings. The molecule has 0 saturated carbocycles. The number of nitrogens with zero attached hydrogens (tertiary/aromatic N) is 1. The van der Waals surface area contributed by atoms with Gasteiger partial charge in [-0.3, -0.25) is 9.59 Å². The van der Waals surface area contributed by atoms with Gasteiger partial charge in [-0.1, -0.05) is 35.0 Å². The molecule has 0 saturated heterocycles. The Bertz CT molecular complexity index is 732. The molecule has 1 heterocycles. The number of hydrogen-bond acceptors (Lipinski definition) is 4. The first-order valence-corrected chi connectivity index (χ1v) is 8.33. The van der Waals surface area contributed by atoms with Crippen LogP contribution in [-0.2, 0) is 22.4 Å². The fourth-order valence-electron chi connectivity index (χ4n) is 2.79. The summed E-state index contributed by atoms with van der Waals surface area (Å²) in [6.45, 7) is 5.74. The second-order valence-corrected chi connectivity index (χ2v) is 6.34. The lowest BCUT2D eigenvalue weighted by Crippen LogP contribution is -2.34. The Balaban J connectivity index is 1.86. The van der Waals surface area contributed by atoms with Crippen molar-refractivity contribution in [3.8, 4) is 0 Å². The first-order valence-electron chi connectivity index (χ1n) is 8.33. The third kappa shape index (κ3) is 5.45. The normalized spacial score (nSPS) is 12.0. The highest BCUT2D eigenvalue weighted by atomic mass is 16.5. The molecular formula is C19H24N2O4. The fourth-order valence-corrected chi connectivity index (χ4v) is 2.79. The number of carboxylic acids is 1. The zero-order chi connectivity index (χ0) is 18.4. The van der Waals surface area contributed by atoms with Crippen LogP contribution >= 0.6 is 0 Å². The van der Waals surface area contributed by atoms with Crippen LogP contribution in [0, 0.1) is 26.7 Å². The first kappa shape index (κ1) is 18.7. The Morgan fingerprint density at radius 2 is 2.04 bits per heavy atom. The van der Waals surface area contributed by atoms with E-state index in [1.54, 1.807) is 0 Å². The Kier molecular flexibility index (Phi) is 6.33. The molecule has 6 nitrogen and oxygen atoms in total. The average molecular weight is 344 g/mol. The van der Waals surface area contributed by atoms with Gasteiger partial charge in [0.15, 0.2) is 0 Å². The van der Waals surface area contributed by atoms with Gasteiger partial charge in [-0.2, -0.15) is 0 Å². The predicted molar refractivity (Wildman–Crippen MR) is 93.3 cm³/mol. The molecule has 2 N–H and O–H groups in total. The lowest BCUT2D eigenvalue weighted by Gasteiger charge is -2.14. The largest absolute Gasteiger partial charge is 0.481 e. The van der Waals surface area contributed by atoms with E-state index in [1.165, 1.54) is 0 Å². The number of aromatic nitrogens is 1. The molecule has 6 heteroatoms. The van der Waals surface area contributed by atoms with E-state index in [2.05, 4.69) is 10.5 Å². The van der Waals surface area contributed by atoms with Gasteiger partial charge in [0, 0.05) is 18.5 Å². The molecule has 0 spiro atoms. The minimum atomic E-state index is -0.910. The SMILES string of the molecule is Cc1cccc(CC(CNC(=O)CCc2c(C)noc2C)C(=O)O)c1. The highest BCUT2D eigenvalue weighted by Crippen LogP contribution is 2.14. The number of aryl methyl sites for hydroxylation is 3. The zero-order valence-corrected chi connectivity index (χ0v) is 14.8. The molecule has 2 rings (SSSR count). The molecule has 0 aliphatic rings. The van der Waals surface area contributed by atoms with E-state index in [1.807, 2.05) is 45.0 Å². The van der Waals surface area contributed by atoms with Crippen molar-refractivity contribution in [2.45, 2.75) is 40.0 Å². The Morgan fingerprint density at radius 1 is 1.28 bits per heavy atom. The van der Waals surface area contributed by atoms with E-state index in [0.717, 1.165) is 22.4 Å². The zero-order valence-electron chi connectivity index (χ0n) is 14.8. The van der Waals surface area contributed by atoms with Crippen molar-refractivity contribution in [3.63, 3.8) is 0 Å². The van der Waals surface area contributed by atoms with E-state index < -0.39 is 11.9 Å². The van der Waals surface area contributed by atoms with Crippen LogP contribution in [0.2, 0.25) is 0 Å². The van der Waals surface area contributed by atoms with Gasteiger partial charge in [-0.15, -0.1) is 0 Å². The maximum absolute atomic E-state index is 12.0. The number of benzene rings is 1. The van der Waals surface area contributed by atoms with E-state index in [-0.39, 0.29) is 18.9 Å². The van der Waals surface area contributed by atoms with E-state index in [9.17, 15) is 14.7 Å². The number of aliphatic carboxylic acids is 1. The van der Waals surface area contributed by atoms with Crippen LogP contribution in [0.3, 0.4) is 0 Å². The smallest absolute Gasteiger partial charge is 0.308 e. The topological polar surface area (TPSA) is 92.4 Å². The third-order valence-electron chi connectivity index (χ3n) is 4.24. The molecule has 0 radical (unpaired) electrons. The summed E-state index contributed by atoms with van der Waals surface area (Å²) < 4.78 is 5.07. The van der Waals surface area contributed by atoms with Crippen LogP contribution in [0.15, 0.2) is 28.8 Å². The fraction of sp³-hybridized carbons (Fsp3) is 0.421. The van der Waals surface area contributed by atoms with Gasteiger partial charge in [-0.25, -0.2) is 0 Å². The van der Waals surface area contributed by atoms with Crippen LogP contribution in [0.25, 0.3) is 0 Å². The van der Waals surface area contributed by atoms with E-state index in [4.69, 9.17) is 4.52 Å². The molecule has 1 aromatic carbocycles. The van der Waals surface area contributed by atoms with Crippen molar-refractivity contribution in [3.05, 3.63) is 52.4 Å². The first-order chi connectivity index (χ1) is 11.9. The van der Waals surface area contributed by atoms with Gasteiger partial charge in [0.1, 0.15) is 5.76 Å². The highest BCUT2D eigenvalue weighted by molar-refractivity contribution is 5.77. The Labute approximate surface area is 147 Å². The maximum Gasteiger partial charge on any atom is 0.308 e. The Hall–Kier alpha value is -2.63. The van der Waals surface area contributed by atoms with Gasteiger partial charge in [0.2, 0.25) is 5.91 Å². The molecular weight excluding hydrogens is 320 g/mol. The summed E-state index contributed by atoms with van der Waals surface area (Å²) in [5, 5.41) is 16.0. The average Bonchev–Trinajstić information content (AvgIpc) is 2.87. The molecule has 25 heavy (non-hydrogen) atoms. The van der Waals surface area contributed by atoms with Gasteiger partial charge in [0.25, 0.3) is 0 Å². The highest BCUT2D eigenvalue weighted by Gasteiger charge is 2.19. The molecule has 1 atom stereocenters. The molecule has 0 bridgehead atoms. The van der Waals surface area contributed by atoms with Crippen molar-refractivity contribution in [1.82, 2.24) is 10.5 Å². The Morgan fingerprint density at radius 3 is 2.64 bits per heavy atom. The van der Waals surface area contributed by atoms with Crippen LogP contribution in [-0.4, -0.2) is 28.7 Å². The molecule has 1 amide bonds. The van der Waals surface area contributed by atoms with Crippen molar-refractivity contribution < 1.29 is 19.2 Å². The summed E-state index contributed by atoms with van der Waals surface area (Å²) in [5.41, 5.74) is 3.76. The summed E-state index contributed by atoms with van der Waals surface area (Å²) in [7, 11) is 0. The van der Waals surface area contributed by atoms with E-state index >= 15 is 0 Å². The molecule has 1 aromatic heterocycles. The summed E-state index contributed by atoms with van der Waals surface area (Å²) in [5.74, 6) is -1.01. The van der Waals surface area contributed by atoms with E-state index in [0.29, 0.717) is 18.6 Å². The predicted octanol–water partition coefficient (Wildman–Crippen LogP) is 2.59. The van der Waals surface area contributed by atoms with Crippen molar-refractivity contribution in [2.24, 2.45) is 5.92 Å². The number of carbonyl (C=O) groups excluding carboxylic acids is 1. The van der Waals surface area contributed by atoms with Crippen LogP contribution < -0.4 is 5.32 Å². The van der Waals surface area contributed by atoms with Gasteiger partial charge in [-0.05, 0) is 39.2 Å². The second kappa shape index (κ2) is 8.46. The standard InChI is InChI=1S/C19H24N2O4/c1-12-5-4-6-15(9-12)10-16(19(23)24)11-20-18(22)8-7-17-13(2)21-25-14(17)3/h4-6,9,16H,7-8,10-11H2,1-3H3,(H,20,22)(H,23,24). The van der Waals surface area contributed by atoms with Gasteiger partial charge in [0.05, 0.1) is 11.6 Å². The summed E-state index contributed by atoms with van der Waals surface area (Å²) in [4.78, 5) is 23.5. The van der Waals surface area contributed by atoms with Crippen LogP contribution in [0.5, 0.6) is 0 Å². The number of carboxylic acid groups (broad SMARTS) is 1. The molecule has 134 valence electrons. The molecule has 1 unspecified atom stereocenters. The minimum absolute atomic E-state index is 0.115. The molecule has 0 fully saturated rings. The second-order valence-electron chi connectivity index (χ2n) is 6.34. The van der Waals surface area contributed by atoms with Gasteiger partial charge >= 0.3 is 5.97 Å². The lowest BCUT2D eigenvalue weighted by molar-refractivity contribution is -0.141. The van der Waals surface area contributed by atoms with Crippen molar-refractivity contribution in [1.29, 1.82) is 0 Å². The number of hydrogen-bond donors (Lipinski definition) is 2. The quantitative estimate of drug-likeness (QED) is 0.768. The number of rotatable bonds is 8. The number of amides is 1.